The van der Waals surface area contributed by atoms with Crippen molar-refractivity contribution in [1.29, 1.82) is 0 Å². The Labute approximate surface area is 105 Å². The van der Waals surface area contributed by atoms with E-state index in [9.17, 15) is 4.79 Å². The average molecular weight is 287 g/mol. The van der Waals surface area contributed by atoms with Crippen LogP contribution >= 0.6 is 58.9 Å². The predicted molar refractivity (Wildman–Crippen MR) is 66.6 cm³/mol. The molecule has 2 nitrogen and oxygen atoms in total. The molecule has 0 spiro atoms. The van der Waals surface area contributed by atoms with Gasteiger partial charge >= 0.3 is 5.97 Å². The SMILES string of the molecule is COC(=O)C1=CS/C(=C(\Cl)C(=S)Cl)S1. The standard InChI is InChI=1S/C7H4Cl2O2S3/c1-11-6(10)3-2-13-7(14-3)4(8)5(9)12/h2H,1H3/b7-4+. The maximum atomic E-state index is 11.1. The van der Waals surface area contributed by atoms with Crippen LogP contribution in [0, 0.1) is 0 Å². The quantitative estimate of drug-likeness (QED) is 0.335. The molecule has 14 heavy (non-hydrogen) atoms. The third-order valence-corrected chi connectivity index (χ3v) is 4.77. The number of halogens is 2. The molecule has 7 heteroatoms. The summed E-state index contributed by atoms with van der Waals surface area (Å²) in [5, 5.41) is 1.95. The molecule has 1 aliphatic rings. The second kappa shape index (κ2) is 5.42. The molecule has 0 aromatic carbocycles. The first-order valence-corrected chi connectivity index (χ1v) is 6.15. The van der Waals surface area contributed by atoms with Crippen LogP contribution in [-0.4, -0.2) is 17.4 Å². The number of thioether (sulfide) groups is 2. The summed E-state index contributed by atoms with van der Waals surface area (Å²) in [5.41, 5.74) is 0. The Hall–Kier alpha value is 0.320. The monoisotopic (exact) mass is 286 g/mol. The van der Waals surface area contributed by atoms with Gasteiger partial charge in [0, 0.05) is 0 Å². The van der Waals surface area contributed by atoms with Crippen molar-refractivity contribution in [3.63, 3.8) is 0 Å². The first-order valence-electron chi connectivity index (χ1n) is 3.29. The lowest BCUT2D eigenvalue weighted by Crippen LogP contribution is -1.99. The maximum absolute atomic E-state index is 11.1. The molecule has 0 bridgehead atoms. The molecule has 0 atom stereocenters. The maximum Gasteiger partial charge on any atom is 0.345 e. The van der Waals surface area contributed by atoms with Gasteiger partial charge in [-0.15, -0.1) is 0 Å². The number of hydrogen-bond donors (Lipinski definition) is 0. The van der Waals surface area contributed by atoms with Gasteiger partial charge in [-0.25, -0.2) is 4.79 Å². The molecule has 76 valence electrons. The van der Waals surface area contributed by atoms with E-state index in [1.807, 2.05) is 0 Å². The van der Waals surface area contributed by atoms with Crippen LogP contribution in [0.15, 0.2) is 19.6 Å². The molecule has 0 unspecified atom stereocenters. The molecule has 0 N–H and O–H groups in total. The number of carbonyl (C=O) groups is 1. The number of carbonyl (C=O) groups excluding carboxylic acids is 1. The first kappa shape index (κ1) is 12.4. The van der Waals surface area contributed by atoms with Crippen molar-refractivity contribution >= 4 is 69.2 Å². The molecule has 0 aromatic heterocycles. The van der Waals surface area contributed by atoms with Crippen LogP contribution in [-0.2, 0) is 9.53 Å². The summed E-state index contributed by atoms with van der Waals surface area (Å²) >= 11 is 18.6. The van der Waals surface area contributed by atoms with E-state index in [1.54, 1.807) is 5.41 Å². The molecular formula is C7H4Cl2O2S3. The lowest BCUT2D eigenvalue weighted by atomic mass is 10.6. The van der Waals surface area contributed by atoms with Gasteiger partial charge in [-0.3, -0.25) is 0 Å². The molecule has 0 aromatic rings. The summed E-state index contributed by atoms with van der Waals surface area (Å²) in [5.74, 6) is -0.387. The molecule has 0 amide bonds. The highest BCUT2D eigenvalue weighted by Gasteiger charge is 2.22. The average Bonchev–Trinajstić information content (AvgIpc) is 2.64. The highest BCUT2D eigenvalue weighted by atomic mass is 35.5. The Morgan fingerprint density at radius 3 is 2.71 bits per heavy atom. The van der Waals surface area contributed by atoms with E-state index >= 15 is 0 Å². The van der Waals surface area contributed by atoms with E-state index in [0.29, 0.717) is 14.2 Å². The number of thiocarbonyl (C=S) groups is 1. The Balaban J connectivity index is 2.76. The van der Waals surface area contributed by atoms with Crippen molar-refractivity contribution in [1.82, 2.24) is 0 Å². The first-order chi connectivity index (χ1) is 6.56. The minimum Gasteiger partial charge on any atom is -0.465 e. The topological polar surface area (TPSA) is 26.3 Å². The van der Waals surface area contributed by atoms with E-state index in [4.69, 9.17) is 35.4 Å². The number of allylic oxidation sites excluding steroid dienone is 1. The van der Waals surface area contributed by atoms with Crippen molar-refractivity contribution in [3.8, 4) is 0 Å². The number of hydrogen-bond acceptors (Lipinski definition) is 5. The Morgan fingerprint density at radius 2 is 2.21 bits per heavy atom. The van der Waals surface area contributed by atoms with Gasteiger partial charge in [0.1, 0.15) is 9.23 Å². The molecule has 0 aliphatic carbocycles. The fourth-order valence-electron chi connectivity index (χ4n) is 0.622. The fraction of sp³-hybridized carbons (Fsp3) is 0.143. The summed E-state index contributed by atoms with van der Waals surface area (Å²) in [6.45, 7) is 0. The summed E-state index contributed by atoms with van der Waals surface area (Å²) < 4.78 is 5.35. The van der Waals surface area contributed by atoms with Crippen molar-refractivity contribution in [2.24, 2.45) is 0 Å². The fourth-order valence-corrected chi connectivity index (χ4v) is 3.33. The van der Waals surface area contributed by atoms with Crippen LogP contribution in [0.4, 0.5) is 0 Å². The Bertz CT molecular complexity index is 349. The lowest BCUT2D eigenvalue weighted by molar-refractivity contribution is -0.135. The lowest BCUT2D eigenvalue weighted by Gasteiger charge is -1.99. The van der Waals surface area contributed by atoms with E-state index in [1.165, 1.54) is 30.6 Å². The van der Waals surface area contributed by atoms with Crippen LogP contribution in [0.3, 0.4) is 0 Å². The predicted octanol–water partition coefficient (Wildman–Crippen LogP) is 3.45. The Kier molecular flexibility index (Phi) is 4.79. The van der Waals surface area contributed by atoms with E-state index in [0.717, 1.165) is 0 Å². The zero-order valence-electron chi connectivity index (χ0n) is 6.87. The summed E-state index contributed by atoms with van der Waals surface area (Å²) in [6.07, 6.45) is 0. The van der Waals surface area contributed by atoms with Crippen molar-refractivity contribution in [2.45, 2.75) is 0 Å². The van der Waals surface area contributed by atoms with Crippen LogP contribution < -0.4 is 0 Å². The molecule has 0 radical (unpaired) electrons. The zero-order chi connectivity index (χ0) is 10.7. The van der Waals surface area contributed by atoms with Crippen molar-refractivity contribution in [2.75, 3.05) is 7.11 Å². The zero-order valence-corrected chi connectivity index (χ0v) is 10.8. The number of ether oxygens (including phenoxy) is 1. The van der Waals surface area contributed by atoms with Gasteiger partial charge in [0.2, 0.25) is 0 Å². The summed E-state index contributed by atoms with van der Waals surface area (Å²) in [6, 6.07) is 0. The molecule has 0 saturated carbocycles. The van der Waals surface area contributed by atoms with E-state index < -0.39 is 0 Å². The highest BCUT2D eigenvalue weighted by Crippen LogP contribution is 2.46. The highest BCUT2D eigenvalue weighted by molar-refractivity contribution is 8.28. The van der Waals surface area contributed by atoms with Crippen LogP contribution in [0.5, 0.6) is 0 Å². The summed E-state index contributed by atoms with van der Waals surface area (Å²) in [7, 11) is 1.32. The van der Waals surface area contributed by atoms with Crippen LogP contribution in [0.25, 0.3) is 0 Å². The van der Waals surface area contributed by atoms with Gasteiger partial charge < -0.3 is 4.74 Å². The second-order valence-electron chi connectivity index (χ2n) is 2.07. The number of methoxy groups -OCH3 is 1. The summed E-state index contributed by atoms with van der Waals surface area (Å²) in [4.78, 5) is 11.6. The third kappa shape index (κ3) is 2.90. The molecule has 1 rings (SSSR count). The van der Waals surface area contributed by atoms with Gasteiger partial charge in [-0.1, -0.05) is 58.9 Å². The number of rotatable bonds is 2. The molecular weight excluding hydrogens is 283 g/mol. The smallest absolute Gasteiger partial charge is 0.345 e. The van der Waals surface area contributed by atoms with Gasteiger partial charge in [0.25, 0.3) is 0 Å². The second-order valence-corrected chi connectivity index (χ2v) is 5.65. The van der Waals surface area contributed by atoms with Crippen molar-refractivity contribution < 1.29 is 9.53 Å². The van der Waals surface area contributed by atoms with Crippen LogP contribution in [0.2, 0.25) is 0 Å². The van der Waals surface area contributed by atoms with E-state index in [-0.39, 0.29) is 10.3 Å². The number of esters is 1. The van der Waals surface area contributed by atoms with Crippen molar-refractivity contribution in [3.05, 3.63) is 19.6 Å². The van der Waals surface area contributed by atoms with Gasteiger partial charge in [0.05, 0.1) is 16.4 Å². The molecule has 0 saturated heterocycles. The van der Waals surface area contributed by atoms with E-state index in [2.05, 4.69) is 4.74 Å². The third-order valence-electron chi connectivity index (χ3n) is 1.21. The molecule has 1 heterocycles. The normalized spacial score (nSPS) is 18.9. The Morgan fingerprint density at radius 1 is 1.57 bits per heavy atom. The molecule has 0 fully saturated rings. The van der Waals surface area contributed by atoms with Crippen LogP contribution in [0.1, 0.15) is 0 Å². The van der Waals surface area contributed by atoms with Gasteiger partial charge in [-0.2, -0.15) is 0 Å². The largest absolute Gasteiger partial charge is 0.465 e. The molecule has 1 aliphatic heterocycles. The minimum absolute atomic E-state index is 0.0983. The van der Waals surface area contributed by atoms with Gasteiger partial charge in [-0.05, 0) is 5.41 Å². The minimum atomic E-state index is -0.387. The van der Waals surface area contributed by atoms with Gasteiger partial charge in [0.15, 0.2) is 0 Å².